The maximum absolute atomic E-state index is 11.6. The number of benzene rings is 2. The highest BCUT2D eigenvalue weighted by Crippen LogP contribution is 2.09. The molecule has 0 unspecified atom stereocenters. The van der Waals surface area contributed by atoms with E-state index in [1.165, 1.54) is 0 Å². The van der Waals surface area contributed by atoms with Crippen LogP contribution in [-0.2, 0) is 11.3 Å². The fourth-order valence-electron chi connectivity index (χ4n) is 1.38. The minimum absolute atomic E-state index is 0.0972. The van der Waals surface area contributed by atoms with Crippen LogP contribution in [0.4, 0.5) is 0 Å². The van der Waals surface area contributed by atoms with E-state index in [1.54, 1.807) is 12.1 Å². The van der Waals surface area contributed by atoms with E-state index in [0.29, 0.717) is 12.2 Å². The van der Waals surface area contributed by atoms with Crippen LogP contribution in [0.3, 0.4) is 0 Å². The number of esters is 1. The molecule has 118 valence electrons. The summed E-state index contributed by atoms with van der Waals surface area (Å²) in [6.45, 7) is 6.56. The van der Waals surface area contributed by atoms with Gasteiger partial charge in [-0.1, -0.05) is 69.3 Å². The summed E-state index contributed by atoms with van der Waals surface area (Å²) in [6, 6.07) is 18.6. The van der Waals surface area contributed by atoms with Crippen molar-refractivity contribution in [2.45, 2.75) is 27.4 Å². The molecule has 0 aliphatic rings. The SMILES string of the molecule is CC(C)(C)CO.O=C(OCc1ccccc1)c1ccccc1. The number of rotatable bonds is 3. The maximum atomic E-state index is 11.6. The Morgan fingerprint density at radius 3 is 1.86 bits per heavy atom. The van der Waals surface area contributed by atoms with Crippen molar-refractivity contribution >= 4 is 5.97 Å². The molecule has 3 heteroatoms. The molecule has 0 saturated heterocycles. The Labute approximate surface area is 132 Å². The van der Waals surface area contributed by atoms with Gasteiger partial charge >= 0.3 is 5.97 Å². The third kappa shape index (κ3) is 7.60. The van der Waals surface area contributed by atoms with Crippen LogP contribution >= 0.6 is 0 Å². The van der Waals surface area contributed by atoms with Crippen molar-refractivity contribution in [1.29, 1.82) is 0 Å². The zero-order chi connectivity index (χ0) is 16.4. The van der Waals surface area contributed by atoms with E-state index < -0.39 is 0 Å². The maximum Gasteiger partial charge on any atom is 0.338 e. The highest BCUT2D eigenvalue weighted by atomic mass is 16.5. The molecular formula is C19H24O3. The first-order valence-electron chi connectivity index (χ1n) is 7.29. The lowest BCUT2D eigenvalue weighted by Gasteiger charge is -2.11. The van der Waals surface area contributed by atoms with Crippen molar-refractivity contribution in [3.05, 3.63) is 71.8 Å². The summed E-state index contributed by atoms with van der Waals surface area (Å²) in [5, 5.41) is 8.40. The molecule has 1 N–H and O–H groups in total. The van der Waals surface area contributed by atoms with Gasteiger partial charge in [0, 0.05) is 6.61 Å². The van der Waals surface area contributed by atoms with Gasteiger partial charge in [-0.05, 0) is 23.1 Å². The van der Waals surface area contributed by atoms with Crippen LogP contribution in [-0.4, -0.2) is 17.7 Å². The van der Waals surface area contributed by atoms with Gasteiger partial charge in [-0.15, -0.1) is 0 Å². The van der Waals surface area contributed by atoms with Gasteiger partial charge < -0.3 is 9.84 Å². The molecule has 2 rings (SSSR count). The van der Waals surface area contributed by atoms with E-state index in [0.717, 1.165) is 5.56 Å². The zero-order valence-electron chi connectivity index (χ0n) is 13.5. The Balaban J connectivity index is 0.000000346. The van der Waals surface area contributed by atoms with Crippen molar-refractivity contribution in [1.82, 2.24) is 0 Å². The molecule has 22 heavy (non-hydrogen) atoms. The van der Waals surface area contributed by atoms with E-state index in [-0.39, 0.29) is 18.0 Å². The largest absolute Gasteiger partial charge is 0.457 e. The molecule has 0 fully saturated rings. The fourth-order valence-corrected chi connectivity index (χ4v) is 1.38. The second kappa shape index (κ2) is 9.00. The van der Waals surface area contributed by atoms with Crippen LogP contribution in [0.25, 0.3) is 0 Å². The van der Waals surface area contributed by atoms with Gasteiger partial charge in [0.05, 0.1) is 5.56 Å². The summed E-state index contributed by atoms with van der Waals surface area (Å²) >= 11 is 0. The van der Waals surface area contributed by atoms with Crippen LogP contribution in [0, 0.1) is 5.41 Å². The summed E-state index contributed by atoms with van der Waals surface area (Å²) in [7, 11) is 0. The van der Waals surface area contributed by atoms with Crippen LogP contribution in [0.1, 0.15) is 36.7 Å². The van der Waals surface area contributed by atoms with Crippen molar-refractivity contribution in [2.24, 2.45) is 5.41 Å². The molecule has 3 nitrogen and oxygen atoms in total. The van der Waals surface area contributed by atoms with Gasteiger partial charge in [-0.2, -0.15) is 0 Å². The molecule has 0 amide bonds. The monoisotopic (exact) mass is 300 g/mol. The van der Waals surface area contributed by atoms with Crippen LogP contribution in [0.2, 0.25) is 0 Å². The number of hydrogen-bond acceptors (Lipinski definition) is 3. The average Bonchev–Trinajstić information content (AvgIpc) is 2.54. The van der Waals surface area contributed by atoms with Gasteiger partial charge in [0.2, 0.25) is 0 Å². The molecule has 0 radical (unpaired) electrons. The Bertz CT molecular complexity index is 542. The lowest BCUT2D eigenvalue weighted by atomic mass is 9.99. The van der Waals surface area contributed by atoms with Crippen LogP contribution < -0.4 is 0 Å². The Morgan fingerprint density at radius 2 is 1.41 bits per heavy atom. The van der Waals surface area contributed by atoms with Crippen molar-refractivity contribution in [3.8, 4) is 0 Å². The summed E-state index contributed by atoms with van der Waals surface area (Å²) in [4.78, 5) is 11.6. The lowest BCUT2D eigenvalue weighted by Crippen LogP contribution is -2.09. The van der Waals surface area contributed by atoms with Gasteiger partial charge in [0.1, 0.15) is 6.61 Å². The van der Waals surface area contributed by atoms with Gasteiger partial charge in [-0.3, -0.25) is 0 Å². The first kappa shape index (κ1) is 17.9. The summed E-state index contributed by atoms with van der Waals surface area (Å²) < 4.78 is 5.18. The smallest absolute Gasteiger partial charge is 0.338 e. The van der Waals surface area contributed by atoms with E-state index in [1.807, 2.05) is 69.3 Å². The van der Waals surface area contributed by atoms with Crippen molar-refractivity contribution < 1.29 is 14.6 Å². The summed E-state index contributed by atoms with van der Waals surface area (Å²) in [6.07, 6.45) is 0. The van der Waals surface area contributed by atoms with Crippen LogP contribution in [0.5, 0.6) is 0 Å². The van der Waals surface area contributed by atoms with Gasteiger partial charge in [0.25, 0.3) is 0 Å². The van der Waals surface area contributed by atoms with Crippen molar-refractivity contribution in [3.63, 3.8) is 0 Å². The Morgan fingerprint density at radius 1 is 0.955 bits per heavy atom. The minimum Gasteiger partial charge on any atom is -0.457 e. The molecular weight excluding hydrogens is 276 g/mol. The number of carbonyl (C=O) groups is 1. The minimum atomic E-state index is -0.288. The predicted octanol–water partition coefficient (Wildman–Crippen LogP) is 4.07. The van der Waals surface area contributed by atoms with E-state index in [2.05, 4.69) is 0 Å². The van der Waals surface area contributed by atoms with E-state index in [9.17, 15) is 4.79 Å². The Hall–Kier alpha value is -2.13. The third-order valence-electron chi connectivity index (χ3n) is 2.70. The molecule has 0 aliphatic heterocycles. The van der Waals surface area contributed by atoms with E-state index in [4.69, 9.17) is 9.84 Å². The number of ether oxygens (including phenoxy) is 1. The third-order valence-corrected chi connectivity index (χ3v) is 2.70. The molecule has 2 aromatic rings. The quantitative estimate of drug-likeness (QED) is 0.869. The number of aliphatic hydroxyl groups is 1. The second-order valence-electron chi connectivity index (χ2n) is 6.15. The van der Waals surface area contributed by atoms with Crippen LogP contribution in [0.15, 0.2) is 60.7 Å². The summed E-state index contributed by atoms with van der Waals surface area (Å²) in [5.41, 5.74) is 1.67. The normalized spacial score (nSPS) is 10.4. The number of carbonyl (C=O) groups excluding carboxylic acids is 1. The van der Waals surface area contributed by atoms with Gasteiger partial charge in [-0.25, -0.2) is 4.79 Å². The molecule has 2 aromatic carbocycles. The first-order chi connectivity index (χ1) is 10.4. The summed E-state index contributed by atoms with van der Waals surface area (Å²) in [5.74, 6) is -0.288. The highest BCUT2D eigenvalue weighted by Gasteiger charge is 2.05. The number of aliphatic hydroxyl groups excluding tert-OH is 1. The van der Waals surface area contributed by atoms with Crippen molar-refractivity contribution in [2.75, 3.05) is 6.61 Å². The second-order valence-corrected chi connectivity index (χ2v) is 6.15. The van der Waals surface area contributed by atoms with Gasteiger partial charge in [0.15, 0.2) is 0 Å². The molecule has 0 spiro atoms. The Kier molecular flexibility index (Phi) is 7.33. The number of hydrogen-bond donors (Lipinski definition) is 1. The highest BCUT2D eigenvalue weighted by molar-refractivity contribution is 5.89. The molecule has 0 bridgehead atoms. The first-order valence-corrected chi connectivity index (χ1v) is 7.29. The average molecular weight is 300 g/mol. The fraction of sp³-hybridized carbons (Fsp3) is 0.316. The lowest BCUT2D eigenvalue weighted by molar-refractivity contribution is 0.0472. The molecule has 0 saturated carbocycles. The zero-order valence-corrected chi connectivity index (χ0v) is 13.5. The standard InChI is InChI=1S/C14H12O2.C5H12O/c15-14(13-9-5-2-6-10-13)16-11-12-7-3-1-4-8-12;1-5(2,3)4-6/h1-10H,11H2;6H,4H2,1-3H3. The predicted molar refractivity (Wildman–Crippen MR) is 88.5 cm³/mol. The molecule has 0 aliphatic carbocycles. The topological polar surface area (TPSA) is 46.5 Å². The molecule has 0 atom stereocenters. The van der Waals surface area contributed by atoms with E-state index >= 15 is 0 Å². The molecule has 0 heterocycles. The molecule has 0 aromatic heterocycles.